The first-order valence-electron chi connectivity index (χ1n) is 5.36. The van der Waals surface area contributed by atoms with Crippen molar-refractivity contribution in [2.75, 3.05) is 0 Å². The lowest BCUT2D eigenvalue weighted by molar-refractivity contribution is 0.0691. The molecule has 2 heterocycles. The maximum Gasteiger partial charge on any atom is 0.339 e. The number of aromatic nitrogens is 2. The number of hydrogen-bond acceptors (Lipinski definition) is 5. The first kappa shape index (κ1) is 12.5. The smallest absolute Gasteiger partial charge is 0.339 e. The summed E-state index contributed by atoms with van der Waals surface area (Å²) in [5, 5.41) is 17.9. The van der Waals surface area contributed by atoms with Gasteiger partial charge < -0.3 is 9.84 Å². The molecule has 0 unspecified atom stereocenters. The fourth-order valence-electron chi connectivity index (χ4n) is 1.48. The number of carboxylic acids is 1. The second kappa shape index (κ2) is 5.60. The van der Waals surface area contributed by atoms with E-state index in [1.54, 1.807) is 12.1 Å². The van der Waals surface area contributed by atoms with Crippen LogP contribution in [0.15, 0.2) is 36.8 Å². The Morgan fingerprint density at radius 2 is 2.26 bits per heavy atom. The van der Waals surface area contributed by atoms with E-state index in [9.17, 15) is 4.79 Å². The van der Waals surface area contributed by atoms with Crippen molar-refractivity contribution in [3.05, 3.63) is 53.6 Å². The average Bonchev–Trinajstić information content (AvgIpc) is 2.45. The molecule has 94 valence electrons. The highest BCUT2D eigenvalue weighted by Gasteiger charge is 2.11. The third kappa shape index (κ3) is 2.84. The van der Waals surface area contributed by atoms with Crippen LogP contribution in [0.25, 0.3) is 0 Å². The van der Waals surface area contributed by atoms with Crippen LogP contribution in [0, 0.1) is 11.3 Å². The molecule has 0 aliphatic rings. The lowest BCUT2D eigenvalue weighted by atomic mass is 10.2. The minimum atomic E-state index is -1.09. The van der Waals surface area contributed by atoms with Gasteiger partial charge in [0.05, 0.1) is 6.20 Å². The molecule has 0 bridgehead atoms. The molecule has 0 spiro atoms. The molecule has 0 saturated carbocycles. The number of aromatic carboxylic acids is 1. The van der Waals surface area contributed by atoms with E-state index in [0.29, 0.717) is 5.56 Å². The molecule has 6 heteroatoms. The molecule has 0 aromatic carbocycles. The van der Waals surface area contributed by atoms with Gasteiger partial charge >= 0.3 is 5.97 Å². The van der Waals surface area contributed by atoms with Gasteiger partial charge in [0, 0.05) is 18.0 Å². The van der Waals surface area contributed by atoms with Crippen molar-refractivity contribution in [1.82, 2.24) is 9.97 Å². The first-order chi connectivity index (χ1) is 9.22. The summed E-state index contributed by atoms with van der Waals surface area (Å²) >= 11 is 0. The molecule has 0 amide bonds. The Balaban J connectivity index is 2.20. The van der Waals surface area contributed by atoms with Crippen molar-refractivity contribution in [3.63, 3.8) is 0 Å². The molecule has 0 saturated heterocycles. The van der Waals surface area contributed by atoms with Gasteiger partial charge in [-0.2, -0.15) is 5.26 Å². The van der Waals surface area contributed by atoms with E-state index < -0.39 is 5.97 Å². The quantitative estimate of drug-likeness (QED) is 0.891. The van der Waals surface area contributed by atoms with E-state index in [1.807, 2.05) is 6.07 Å². The van der Waals surface area contributed by atoms with E-state index in [-0.39, 0.29) is 23.6 Å². The number of carbonyl (C=O) groups is 1. The molecule has 6 nitrogen and oxygen atoms in total. The molecule has 0 radical (unpaired) electrons. The van der Waals surface area contributed by atoms with E-state index >= 15 is 0 Å². The van der Waals surface area contributed by atoms with Gasteiger partial charge in [0.2, 0.25) is 0 Å². The van der Waals surface area contributed by atoms with Crippen LogP contribution < -0.4 is 4.74 Å². The second-order valence-electron chi connectivity index (χ2n) is 3.59. The Bertz CT molecular complexity index is 650. The molecule has 2 aromatic heterocycles. The zero-order valence-corrected chi connectivity index (χ0v) is 9.78. The summed E-state index contributed by atoms with van der Waals surface area (Å²) in [4.78, 5) is 18.7. The highest BCUT2D eigenvalue weighted by Crippen LogP contribution is 2.18. The lowest BCUT2D eigenvalue weighted by Gasteiger charge is -2.08. The van der Waals surface area contributed by atoms with Crippen LogP contribution in [-0.4, -0.2) is 21.0 Å². The van der Waals surface area contributed by atoms with Gasteiger partial charge in [0.25, 0.3) is 0 Å². The van der Waals surface area contributed by atoms with Gasteiger partial charge in [-0.1, -0.05) is 6.07 Å². The van der Waals surface area contributed by atoms with Crippen LogP contribution in [0.1, 0.15) is 21.6 Å². The summed E-state index contributed by atoms with van der Waals surface area (Å²) in [7, 11) is 0. The van der Waals surface area contributed by atoms with E-state index in [4.69, 9.17) is 15.1 Å². The SMILES string of the molecule is N#Cc1ncccc1COc1cnccc1C(=O)O. The molecule has 1 N–H and O–H groups in total. The van der Waals surface area contributed by atoms with Gasteiger partial charge in [-0.15, -0.1) is 0 Å². The molecular formula is C13H9N3O3. The zero-order valence-electron chi connectivity index (χ0n) is 9.78. The molecular weight excluding hydrogens is 246 g/mol. The molecule has 19 heavy (non-hydrogen) atoms. The van der Waals surface area contributed by atoms with Gasteiger partial charge in [-0.3, -0.25) is 4.98 Å². The van der Waals surface area contributed by atoms with Crippen LogP contribution in [0.3, 0.4) is 0 Å². The maximum absolute atomic E-state index is 11.0. The summed E-state index contributed by atoms with van der Waals surface area (Å²) in [6.45, 7) is 0.0582. The van der Waals surface area contributed by atoms with Crippen molar-refractivity contribution >= 4 is 5.97 Å². The molecule has 2 rings (SSSR count). The van der Waals surface area contributed by atoms with Crippen molar-refractivity contribution in [3.8, 4) is 11.8 Å². The topological polar surface area (TPSA) is 96.1 Å². The Kier molecular flexibility index (Phi) is 3.69. The third-order valence-corrected chi connectivity index (χ3v) is 2.40. The van der Waals surface area contributed by atoms with E-state index in [0.717, 1.165) is 0 Å². The maximum atomic E-state index is 11.0. The molecule has 0 aliphatic heterocycles. The second-order valence-corrected chi connectivity index (χ2v) is 3.59. The number of carboxylic acid groups (broad SMARTS) is 1. The highest BCUT2D eigenvalue weighted by atomic mass is 16.5. The van der Waals surface area contributed by atoms with Gasteiger partial charge in [-0.25, -0.2) is 9.78 Å². The normalized spacial score (nSPS) is 9.63. The van der Waals surface area contributed by atoms with Crippen molar-refractivity contribution in [2.45, 2.75) is 6.61 Å². The van der Waals surface area contributed by atoms with Crippen LogP contribution in [-0.2, 0) is 6.61 Å². The summed E-state index contributed by atoms with van der Waals surface area (Å²) in [6.07, 6.45) is 4.21. The summed E-state index contributed by atoms with van der Waals surface area (Å²) in [5.74, 6) is -0.938. The average molecular weight is 255 g/mol. The van der Waals surface area contributed by atoms with Crippen molar-refractivity contribution in [2.24, 2.45) is 0 Å². The Morgan fingerprint density at radius 1 is 1.42 bits per heavy atom. The minimum absolute atomic E-state index is 0.0254. The van der Waals surface area contributed by atoms with E-state index in [2.05, 4.69) is 9.97 Å². The predicted octanol–water partition coefficient (Wildman–Crippen LogP) is 1.63. The third-order valence-electron chi connectivity index (χ3n) is 2.40. The van der Waals surface area contributed by atoms with Crippen molar-refractivity contribution in [1.29, 1.82) is 5.26 Å². The number of nitrogens with zero attached hydrogens (tertiary/aromatic N) is 3. The zero-order chi connectivity index (χ0) is 13.7. The van der Waals surface area contributed by atoms with Crippen LogP contribution in [0.5, 0.6) is 5.75 Å². The number of pyridine rings is 2. The van der Waals surface area contributed by atoms with Gasteiger partial charge in [-0.05, 0) is 12.1 Å². The molecule has 0 aliphatic carbocycles. The standard InChI is InChI=1S/C13H9N3O3/c14-6-11-9(2-1-4-16-11)8-19-12-7-15-5-3-10(12)13(17)18/h1-5,7H,8H2,(H,17,18). The minimum Gasteiger partial charge on any atom is -0.486 e. The number of rotatable bonds is 4. The monoisotopic (exact) mass is 255 g/mol. The highest BCUT2D eigenvalue weighted by molar-refractivity contribution is 5.90. The predicted molar refractivity (Wildman–Crippen MR) is 64.5 cm³/mol. The molecule has 0 fully saturated rings. The van der Waals surface area contributed by atoms with Gasteiger partial charge in [0.1, 0.15) is 23.9 Å². The Hall–Kier alpha value is -2.94. The van der Waals surface area contributed by atoms with Crippen LogP contribution in [0.4, 0.5) is 0 Å². The Morgan fingerprint density at radius 3 is 3.00 bits per heavy atom. The van der Waals surface area contributed by atoms with Crippen LogP contribution in [0.2, 0.25) is 0 Å². The largest absolute Gasteiger partial charge is 0.486 e. The summed E-state index contributed by atoms with van der Waals surface area (Å²) in [6, 6.07) is 6.68. The number of hydrogen-bond donors (Lipinski definition) is 1. The fourth-order valence-corrected chi connectivity index (χ4v) is 1.48. The fraction of sp³-hybridized carbons (Fsp3) is 0.0769. The van der Waals surface area contributed by atoms with E-state index in [1.165, 1.54) is 24.7 Å². The van der Waals surface area contributed by atoms with Gasteiger partial charge in [0.15, 0.2) is 5.75 Å². The number of ether oxygens (including phenoxy) is 1. The molecule has 2 aromatic rings. The van der Waals surface area contributed by atoms with Crippen LogP contribution >= 0.6 is 0 Å². The first-order valence-corrected chi connectivity index (χ1v) is 5.36. The summed E-state index contributed by atoms with van der Waals surface area (Å²) < 4.78 is 5.39. The molecule has 0 atom stereocenters. The van der Waals surface area contributed by atoms with Crippen molar-refractivity contribution < 1.29 is 14.6 Å². The number of nitriles is 1. The summed E-state index contributed by atoms with van der Waals surface area (Å²) in [5.41, 5.74) is 0.867. The lowest BCUT2D eigenvalue weighted by Crippen LogP contribution is -2.05. The Labute approximate surface area is 108 Å².